The fourth-order valence-electron chi connectivity index (χ4n) is 3.27. The smallest absolute Gasteiger partial charge is 0.272 e. The van der Waals surface area contributed by atoms with E-state index < -0.39 is 0 Å². The Morgan fingerprint density at radius 1 is 1.45 bits per heavy atom. The first kappa shape index (κ1) is 13.1. The van der Waals surface area contributed by atoms with E-state index >= 15 is 0 Å². The molecule has 1 aromatic rings. The van der Waals surface area contributed by atoms with Gasteiger partial charge in [0, 0.05) is 32.6 Å². The Balaban J connectivity index is 1.71. The molecule has 3 rings (SSSR count). The summed E-state index contributed by atoms with van der Waals surface area (Å²) < 4.78 is 1.65. The second-order valence-corrected chi connectivity index (χ2v) is 5.81. The Morgan fingerprint density at radius 2 is 2.25 bits per heavy atom. The Bertz CT molecular complexity index is 551. The number of fused-ring (bicyclic) bond motifs is 1. The average Bonchev–Trinajstić information content (AvgIpc) is 2.76. The van der Waals surface area contributed by atoms with Crippen molar-refractivity contribution in [3.8, 4) is 0 Å². The highest BCUT2D eigenvalue weighted by Gasteiger charge is 2.36. The molecule has 108 valence electrons. The van der Waals surface area contributed by atoms with Crippen LogP contribution in [0.25, 0.3) is 0 Å². The summed E-state index contributed by atoms with van der Waals surface area (Å²) in [7, 11) is 1.80. The topological polar surface area (TPSA) is 67.2 Å². The maximum Gasteiger partial charge on any atom is 0.272 e. The molecule has 20 heavy (non-hydrogen) atoms. The van der Waals surface area contributed by atoms with Crippen molar-refractivity contribution in [2.45, 2.75) is 32.2 Å². The molecule has 6 nitrogen and oxygen atoms in total. The van der Waals surface area contributed by atoms with E-state index in [9.17, 15) is 9.59 Å². The van der Waals surface area contributed by atoms with Gasteiger partial charge < -0.3 is 10.2 Å². The first-order chi connectivity index (χ1) is 9.54. The largest absolute Gasteiger partial charge is 0.353 e. The van der Waals surface area contributed by atoms with E-state index in [-0.39, 0.29) is 17.9 Å². The highest BCUT2D eigenvalue weighted by molar-refractivity contribution is 5.92. The van der Waals surface area contributed by atoms with Crippen LogP contribution in [0.4, 0.5) is 0 Å². The lowest BCUT2D eigenvalue weighted by molar-refractivity contribution is -0.125. The maximum atomic E-state index is 12.6. The van der Waals surface area contributed by atoms with E-state index in [1.165, 1.54) is 0 Å². The van der Waals surface area contributed by atoms with Gasteiger partial charge >= 0.3 is 0 Å². The summed E-state index contributed by atoms with van der Waals surface area (Å²) >= 11 is 0. The Kier molecular flexibility index (Phi) is 3.23. The molecule has 1 N–H and O–H groups in total. The molecular formula is C14H20N4O2. The van der Waals surface area contributed by atoms with Gasteiger partial charge in [-0.3, -0.25) is 14.3 Å². The number of likely N-dealkylation sites (tertiary alicyclic amines) is 1. The molecule has 2 amide bonds. The zero-order valence-electron chi connectivity index (χ0n) is 11.9. The number of rotatable bonds is 1. The minimum Gasteiger partial charge on any atom is -0.353 e. The van der Waals surface area contributed by atoms with Crippen molar-refractivity contribution in [3.05, 3.63) is 17.5 Å². The fourth-order valence-corrected chi connectivity index (χ4v) is 3.27. The van der Waals surface area contributed by atoms with Gasteiger partial charge in [-0.15, -0.1) is 0 Å². The van der Waals surface area contributed by atoms with E-state index in [1.54, 1.807) is 11.7 Å². The van der Waals surface area contributed by atoms with Crippen molar-refractivity contribution < 1.29 is 9.59 Å². The van der Waals surface area contributed by atoms with Crippen molar-refractivity contribution in [1.29, 1.82) is 0 Å². The van der Waals surface area contributed by atoms with E-state index in [4.69, 9.17) is 0 Å². The average molecular weight is 276 g/mol. The second-order valence-electron chi connectivity index (χ2n) is 5.81. The lowest BCUT2D eigenvalue weighted by Crippen LogP contribution is -2.55. The van der Waals surface area contributed by atoms with Gasteiger partial charge in [-0.25, -0.2) is 0 Å². The van der Waals surface area contributed by atoms with Crippen LogP contribution >= 0.6 is 0 Å². The first-order valence-electron chi connectivity index (χ1n) is 7.14. The summed E-state index contributed by atoms with van der Waals surface area (Å²) in [5.74, 6) is 0.580. The maximum absolute atomic E-state index is 12.6. The van der Waals surface area contributed by atoms with Crippen LogP contribution in [0, 0.1) is 12.8 Å². The van der Waals surface area contributed by atoms with Gasteiger partial charge in [0.15, 0.2) is 0 Å². The van der Waals surface area contributed by atoms with Gasteiger partial charge in [-0.1, -0.05) is 0 Å². The van der Waals surface area contributed by atoms with Crippen molar-refractivity contribution >= 4 is 11.8 Å². The number of hydrogen-bond acceptors (Lipinski definition) is 3. The molecule has 2 unspecified atom stereocenters. The number of nitrogens with one attached hydrogen (secondary N) is 1. The molecule has 0 spiro atoms. The summed E-state index contributed by atoms with van der Waals surface area (Å²) in [4.78, 5) is 25.8. The number of carbonyl (C=O) groups is 2. The first-order valence-corrected chi connectivity index (χ1v) is 7.14. The molecule has 6 heteroatoms. The molecule has 2 saturated heterocycles. The van der Waals surface area contributed by atoms with Crippen molar-refractivity contribution in [3.63, 3.8) is 0 Å². The van der Waals surface area contributed by atoms with Crippen LogP contribution < -0.4 is 5.32 Å². The highest BCUT2D eigenvalue weighted by Crippen LogP contribution is 2.26. The monoisotopic (exact) mass is 276 g/mol. The van der Waals surface area contributed by atoms with Crippen LogP contribution in [0.3, 0.4) is 0 Å². The summed E-state index contributed by atoms with van der Waals surface area (Å²) in [6.07, 6.45) is 2.30. The summed E-state index contributed by atoms with van der Waals surface area (Å²) in [5.41, 5.74) is 1.50. The zero-order chi connectivity index (χ0) is 14.3. The van der Waals surface area contributed by atoms with E-state index in [0.717, 1.165) is 25.1 Å². The molecule has 0 saturated carbocycles. The number of piperidine rings is 2. The molecule has 2 aliphatic heterocycles. The molecule has 0 radical (unpaired) electrons. The normalized spacial score (nSPS) is 26.1. The molecular weight excluding hydrogens is 256 g/mol. The molecule has 0 bridgehead atoms. The van der Waals surface area contributed by atoms with Crippen molar-refractivity contribution in [1.82, 2.24) is 20.0 Å². The second kappa shape index (κ2) is 4.92. The third-order valence-electron chi connectivity index (χ3n) is 4.33. The number of hydrogen-bond donors (Lipinski definition) is 1. The molecule has 1 aromatic heterocycles. The van der Waals surface area contributed by atoms with Gasteiger partial charge in [-0.2, -0.15) is 5.10 Å². The Morgan fingerprint density at radius 3 is 2.95 bits per heavy atom. The molecule has 2 atom stereocenters. The van der Waals surface area contributed by atoms with E-state index in [1.807, 2.05) is 17.9 Å². The predicted molar refractivity (Wildman–Crippen MR) is 73.1 cm³/mol. The van der Waals surface area contributed by atoms with Crippen LogP contribution in [0.2, 0.25) is 0 Å². The van der Waals surface area contributed by atoms with Crippen LogP contribution in [0.5, 0.6) is 0 Å². The molecule has 2 aliphatic rings. The van der Waals surface area contributed by atoms with Crippen molar-refractivity contribution in [2.24, 2.45) is 13.0 Å². The number of aromatic nitrogens is 2. The van der Waals surface area contributed by atoms with Crippen LogP contribution in [-0.2, 0) is 11.8 Å². The van der Waals surface area contributed by atoms with Gasteiger partial charge in [0.2, 0.25) is 5.91 Å². The van der Waals surface area contributed by atoms with Gasteiger partial charge in [0.05, 0.1) is 5.69 Å². The standard InChI is InChI=1S/C14H20N4O2/c1-9-7-12(17(2)16-9)14(20)18-6-5-11-10(8-18)3-4-13(19)15-11/h7,10-11H,3-6,8H2,1-2H3,(H,15,19). The lowest BCUT2D eigenvalue weighted by atomic mass is 9.85. The quantitative estimate of drug-likeness (QED) is 0.810. The van der Waals surface area contributed by atoms with Gasteiger partial charge in [-0.05, 0) is 31.7 Å². The van der Waals surface area contributed by atoms with E-state index in [2.05, 4.69) is 10.4 Å². The third kappa shape index (κ3) is 2.30. The Hall–Kier alpha value is -1.85. The third-order valence-corrected chi connectivity index (χ3v) is 4.33. The lowest BCUT2D eigenvalue weighted by Gasteiger charge is -2.41. The van der Waals surface area contributed by atoms with Gasteiger partial charge in [0.1, 0.15) is 5.69 Å². The molecule has 3 heterocycles. The minimum atomic E-state index is 0.0449. The fraction of sp³-hybridized carbons (Fsp3) is 0.643. The highest BCUT2D eigenvalue weighted by atomic mass is 16.2. The molecule has 2 fully saturated rings. The molecule has 0 aliphatic carbocycles. The molecule has 0 aromatic carbocycles. The van der Waals surface area contributed by atoms with Gasteiger partial charge in [0.25, 0.3) is 5.91 Å². The summed E-state index contributed by atoms with van der Waals surface area (Å²) in [6.45, 7) is 3.32. The van der Waals surface area contributed by atoms with Crippen molar-refractivity contribution in [2.75, 3.05) is 13.1 Å². The number of aryl methyl sites for hydroxylation is 2. The van der Waals surface area contributed by atoms with Crippen LogP contribution in [-0.4, -0.2) is 45.6 Å². The summed E-state index contributed by atoms with van der Waals surface area (Å²) in [6, 6.07) is 2.07. The minimum absolute atomic E-state index is 0.0449. The predicted octanol–water partition coefficient (Wildman–Crippen LogP) is 0.469. The van der Waals surface area contributed by atoms with E-state index in [0.29, 0.717) is 24.6 Å². The number of nitrogens with zero attached hydrogens (tertiary/aromatic N) is 3. The number of carbonyl (C=O) groups excluding carboxylic acids is 2. The Labute approximate surface area is 118 Å². The zero-order valence-corrected chi connectivity index (χ0v) is 11.9. The number of amides is 2. The SMILES string of the molecule is Cc1cc(C(=O)N2CCC3NC(=O)CCC3C2)n(C)n1. The van der Waals surface area contributed by atoms with Crippen LogP contribution in [0.1, 0.15) is 35.4 Å². The van der Waals surface area contributed by atoms with Crippen LogP contribution in [0.15, 0.2) is 6.07 Å². The summed E-state index contributed by atoms with van der Waals surface area (Å²) in [5, 5.41) is 7.27.